The van der Waals surface area contributed by atoms with Crippen LogP contribution in [0.4, 0.5) is 5.69 Å². The monoisotopic (exact) mass is 217 g/mol. The Morgan fingerprint density at radius 2 is 1.56 bits per heavy atom. The highest BCUT2D eigenvalue weighted by Crippen LogP contribution is 2.24. The van der Waals surface area contributed by atoms with Gasteiger partial charge in [-0.05, 0) is 23.1 Å². The summed E-state index contributed by atoms with van der Waals surface area (Å²) in [5, 5.41) is 4.37. The molecule has 1 saturated heterocycles. The summed E-state index contributed by atoms with van der Waals surface area (Å²) in [6.45, 7) is 10.8. The van der Waals surface area contributed by atoms with E-state index in [1.165, 1.54) is 11.3 Å². The van der Waals surface area contributed by atoms with Crippen molar-refractivity contribution in [1.29, 1.82) is 0 Å². The molecule has 0 N–H and O–H groups in total. The van der Waals surface area contributed by atoms with E-state index in [1.807, 2.05) is 0 Å². The van der Waals surface area contributed by atoms with Crippen LogP contribution >= 0.6 is 0 Å². The second-order valence-corrected chi connectivity index (χ2v) is 5.45. The zero-order valence-corrected chi connectivity index (χ0v) is 10.5. The van der Waals surface area contributed by atoms with Gasteiger partial charge in [0.2, 0.25) is 0 Å². The Bertz CT molecular complexity index is 329. The highest BCUT2D eigenvalue weighted by atomic mass is 15.2. The smallest absolute Gasteiger partial charge is 0.0367 e. The fraction of sp³-hybridized carbons (Fsp3) is 0.571. The largest absolute Gasteiger partial charge is 0.369 e. The van der Waals surface area contributed by atoms with Crippen LogP contribution in [0.15, 0.2) is 24.3 Å². The van der Waals surface area contributed by atoms with Gasteiger partial charge < -0.3 is 4.90 Å². The lowest BCUT2D eigenvalue weighted by Crippen LogP contribution is -2.40. The molecule has 0 atom stereocenters. The van der Waals surface area contributed by atoms with Crippen molar-refractivity contribution in [2.75, 3.05) is 31.1 Å². The maximum Gasteiger partial charge on any atom is 0.0367 e. The molecule has 1 aliphatic rings. The summed E-state index contributed by atoms with van der Waals surface area (Å²) in [5.74, 6) is 0. The number of piperazine rings is 1. The van der Waals surface area contributed by atoms with Gasteiger partial charge >= 0.3 is 0 Å². The standard InChI is InChI=1S/C14H21N2/c1-14(2,3)12-4-6-13(7-5-12)16-10-8-15-9-11-16/h4-7H,8-11H2,1-3H3. The van der Waals surface area contributed by atoms with Crippen molar-refractivity contribution in [3.05, 3.63) is 29.8 Å². The molecule has 1 aliphatic heterocycles. The quantitative estimate of drug-likeness (QED) is 0.706. The van der Waals surface area contributed by atoms with Gasteiger partial charge in [-0.1, -0.05) is 32.9 Å². The average Bonchev–Trinajstić information content (AvgIpc) is 2.29. The van der Waals surface area contributed by atoms with Crippen LogP contribution in [0, 0.1) is 0 Å². The van der Waals surface area contributed by atoms with Gasteiger partial charge in [-0.3, -0.25) is 0 Å². The summed E-state index contributed by atoms with van der Waals surface area (Å²) in [6, 6.07) is 8.99. The molecule has 1 radical (unpaired) electrons. The van der Waals surface area contributed by atoms with Crippen molar-refractivity contribution >= 4 is 5.69 Å². The van der Waals surface area contributed by atoms with Crippen molar-refractivity contribution in [2.45, 2.75) is 26.2 Å². The SMILES string of the molecule is CC(C)(C)c1ccc(N2CC[N]CC2)cc1. The summed E-state index contributed by atoms with van der Waals surface area (Å²) in [7, 11) is 0. The summed E-state index contributed by atoms with van der Waals surface area (Å²) in [4.78, 5) is 2.42. The summed E-state index contributed by atoms with van der Waals surface area (Å²) in [6.07, 6.45) is 0. The normalized spacial score (nSPS) is 17.6. The van der Waals surface area contributed by atoms with E-state index in [0.29, 0.717) is 0 Å². The minimum atomic E-state index is 0.246. The summed E-state index contributed by atoms with van der Waals surface area (Å²) in [5.41, 5.74) is 2.98. The van der Waals surface area contributed by atoms with Gasteiger partial charge in [-0.25, -0.2) is 5.32 Å². The van der Waals surface area contributed by atoms with Gasteiger partial charge in [-0.2, -0.15) is 0 Å². The highest BCUT2D eigenvalue weighted by Gasteiger charge is 2.15. The fourth-order valence-corrected chi connectivity index (χ4v) is 2.04. The molecule has 2 rings (SSSR count). The first-order chi connectivity index (χ1) is 7.57. The van der Waals surface area contributed by atoms with Gasteiger partial charge in [0.05, 0.1) is 0 Å². The number of hydrogen-bond acceptors (Lipinski definition) is 1. The Hall–Kier alpha value is -1.02. The number of anilines is 1. The van der Waals surface area contributed by atoms with E-state index in [-0.39, 0.29) is 5.41 Å². The zero-order chi connectivity index (χ0) is 11.6. The van der Waals surface area contributed by atoms with Gasteiger partial charge in [0.25, 0.3) is 0 Å². The van der Waals surface area contributed by atoms with Crippen LogP contribution in [0.5, 0.6) is 0 Å². The molecule has 0 amide bonds. The van der Waals surface area contributed by atoms with E-state index in [1.54, 1.807) is 0 Å². The number of nitrogens with zero attached hydrogens (tertiary/aromatic N) is 2. The Balaban J connectivity index is 2.12. The van der Waals surface area contributed by atoms with E-state index >= 15 is 0 Å². The third kappa shape index (κ3) is 2.56. The van der Waals surface area contributed by atoms with Crippen LogP contribution in [0.25, 0.3) is 0 Å². The minimum absolute atomic E-state index is 0.246. The lowest BCUT2D eigenvalue weighted by molar-refractivity contribution is 0.577. The molecule has 0 saturated carbocycles. The molecule has 0 spiro atoms. The Kier molecular flexibility index (Phi) is 3.20. The van der Waals surface area contributed by atoms with E-state index < -0.39 is 0 Å². The predicted octanol–water partition coefficient (Wildman–Crippen LogP) is 2.41. The van der Waals surface area contributed by atoms with Crippen molar-refractivity contribution < 1.29 is 0 Å². The second kappa shape index (κ2) is 4.46. The van der Waals surface area contributed by atoms with E-state index in [0.717, 1.165) is 26.2 Å². The van der Waals surface area contributed by atoms with Crippen molar-refractivity contribution in [3.8, 4) is 0 Å². The molecule has 0 aromatic heterocycles. The Morgan fingerprint density at radius 1 is 1.00 bits per heavy atom. The van der Waals surface area contributed by atoms with Gasteiger partial charge in [0.15, 0.2) is 0 Å². The van der Waals surface area contributed by atoms with Crippen LogP contribution in [-0.4, -0.2) is 26.2 Å². The van der Waals surface area contributed by atoms with Crippen LogP contribution in [0.2, 0.25) is 0 Å². The predicted molar refractivity (Wildman–Crippen MR) is 69.2 cm³/mol. The summed E-state index contributed by atoms with van der Waals surface area (Å²) < 4.78 is 0. The maximum absolute atomic E-state index is 4.37. The fourth-order valence-electron chi connectivity index (χ4n) is 2.04. The Morgan fingerprint density at radius 3 is 2.06 bits per heavy atom. The number of rotatable bonds is 1. The van der Waals surface area contributed by atoms with E-state index in [4.69, 9.17) is 0 Å². The molecule has 2 nitrogen and oxygen atoms in total. The first-order valence-corrected chi connectivity index (χ1v) is 6.06. The molecule has 1 aromatic carbocycles. The third-order valence-electron chi connectivity index (χ3n) is 3.15. The van der Waals surface area contributed by atoms with Crippen LogP contribution < -0.4 is 10.2 Å². The highest BCUT2D eigenvalue weighted by molar-refractivity contribution is 5.48. The zero-order valence-electron chi connectivity index (χ0n) is 10.5. The molecule has 87 valence electrons. The third-order valence-corrected chi connectivity index (χ3v) is 3.15. The van der Waals surface area contributed by atoms with Gasteiger partial charge in [0, 0.05) is 31.9 Å². The lowest BCUT2D eigenvalue weighted by Gasteiger charge is -2.29. The van der Waals surface area contributed by atoms with E-state index in [2.05, 4.69) is 55.3 Å². The van der Waals surface area contributed by atoms with E-state index in [9.17, 15) is 0 Å². The van der Waals surface area contributed by atoms with Gasteiger partial charge in [0.1, 0.15) is 0 Å². The molecular formula is C14H21N2. The molecule has 1 aromatic rings. The molecule has 16 heavy (non-hydrogen) atoms. The van der Waals surface area contributed by atoms with Crippen LogP contribution in [-0.2, 0) is 5.41 Å². The number of benzene rings is 1. The molecule has 2 heteroatoms. The van der Waals surface area contributed by atoms with Crippen molar-refractivity contribution in [2.24, 2.45) is 0 Å². The summed E-state index contributed by atoms with van der Waals surface area (Å²) >= 11 is 0. The van der Waals surface area contributed by atoms with Crippen LogP contribution in [0.3, 0.4) is 0 Å². The molecule has 0 aliphatic carbocycles. The first-order valence-electron chi connectivity index (χ1n) is 6.06. The molecular weight excluding hydrogens is 196 g/mol. The molecule has 0 unspecified atom stereocenters. The van der Waals surface area contributed by atoms with Gasteiger partial charge in [-0.15, -0.1) is 0 Å². The van der Waals surface area contributed by atoms with Crippen molar-refractivity contribution in [3.63, 3.8) is 0 Å². The minimum Gasteiger partial charge on any atom is -0.369 e. The van der Waals surface area contributed by atoms with Crippen molar-refractivity contribution in [1.82, 2.24) is 5.32 Å². The topological polar surface area (TPSA) is 17.3 Å². The lowest BCUT2D eigenvalue weighted by atomic mass is 9.87. The number of hydrogen-bond donors (Lipinski definition) is 0. The van der Waals surface area contributed by atoms with Crippen LogP contribution in [0.1, 0.15) is 26.3 Å². The molecule has 0 bridgehead atoms. The molecule has 1 fully saturated rings. The maximum atomic E-state index is 4.37. The Labute approximate surface area is 98.7 Å². The molecule has 1 heterocycles. The second-order valence-electron chi connectivity index (χ2n) is 5.45. The first kappa shape index (κ1) is 11.5. The average molecular weight is 217 g/mol.